The Morgan fingerprint density at radius 3 is 2.47 bits per heavy atom. The molecule has 0 saturated carbocycles. The summed E-state index contributed by atoms with van der Waals surface area (Å²) in [5.41, 5.74) is -0.818. The summed E-state index contributed by atoms with van der Waals surface area (Å²) in [5.74, 6) is 0.172. The van der Waals surface area contributed by atoms with Crippen molar-refractivity contribution < 1.29 is 29.9 Å². The third-order valence-electron chi connectivity index (χ3n) is 2.47. The van der Waals surface area contributed by atoms with Gasteiger partial charge in [-0.05, 0) is 0 Å². The number of aliphatic hydroxyl groups excluding tert-OH is 4. The molecule has 0 aromatic carbocycles. The normalized spacial score (nSPS) is 37.8. The molecule has 17 heavy (non-hydrogen) atoms. The van der Waals surface area contributed by atoms with Gasteiger partial charge in [-0.2, -0.15) is 0 Å². The van der Waals surface area contributed by atoms with Crippen LogP contribution in [-0.4, -0.2) is 75.6 Å². The second-order valence-corrected chi connectivity index (χ2v) is 4.72. The predicted octanol–water partition coefficient (Wildman–Crippen LogP) is -1.86. The van der Waals surface area contributed by atoms with Crippen LogP contribution in [0.4, 0.5) is 0 Å². The molecule has 1 fully saturated rings. The molecular weight excluding hydrogens is 250 g/mol. The Hall–Kier alpha value is -0.380. The topological polar surface area (TPSA) is 123 Å². The van der Waals surface area contributed by atoms with Crippen molar-refractivity contribution in [2.45, 2.75) is 29.9 Å². The summed E-state index contributed by atoms with van der Waals surface area (Å²) in [7, 11) is 1.36. The van der Waals surface area contributed by atoms with Crippen molar-refractivity contribution in [3.05, 3.63) is 0 Å². The van der Waals surface area contributed by atoms with Crippen LogP contribution in [0.3, 0.4) is 0 Å². The summed E-state index contributed by atoms with van der Waals surface area (Å²) in [4.78, 5) is 0. The molecule has 0 aromatic heterocycles. The zero-order valence-electron chi connectivity index (χ0n) is 9.31. The van der Waals surface area contributed by atoms with Gasteiger partial charge >= 0.3 is 0 Å². The number of hydrogen-bond acceptors (Lipinski definition) is 8. The number of thioether (sulfide) groups is 1. The van der Waals surface area contributed by atoms with E-state index in [0.717, 1.165) is 11.8 Å². The fourth-order valence-corrected chi connectivity index (χ4v) is 2.43. The molecule has 1 aliphatic heterocycles. The highest BCUT2D eigenvalue weighted by atomic mass is 32.2. The summed E-state index contributed by atoms with van der Waals surface area (Å²) in [6.45, 7) is -0.455. The van der Waals surface area contributed by atoms with E-state index in [2.05, 4.69) is 4.74 Å². The minimum Gasteiger partial charge on any atom is -0.484 e. The first-order chi connectivity index (χ1) is 8.01. The Kier molecular flexibility index (Phi) is 5.63. The van der Waals surface area contributed by atoms with Crippen LogP contribution in [-0.2, 0) is 9.47 Å². The molecule has 0 unspecified atom stereocenters. The minimum absolute atomic E-state index is 0.00644. The van der Waals surface area contributed by atoms with Gasteiger partial charge < -0.3 is 29.9 Å². The first-order valence-corrected chi connectivity index (χ1v) is 6.09. The molecule has 0 radical (unpaired) electrons. The van der Waals surface area contributed by atoms with E-state index in [1.807, 2.05) is 0 Å². The molecular formula is C9H17NO6S. The Balaban J connectivity index is 2.56. The molecule has 0 aromatic rings. The summed E-state index contributed by atoms with van der Waals surface area (Å²) in [6, 6.07) is 0. The molecule has 8 heteroatoms. The van der Waals surface area contributed by atoms with Gasteiger partial charge in [-0.1, -0.05) is 0 Å². The van der Waals surface area contributed by atoms with E-state index >= 15 is 0 Å². The van der Waals surface area contributed by atoms with Gasteiger partial charge in [-0.3, -0.25) is 5.41 Å². The molecule has 5 atom stereocenters. The molecule has 1 saturated heterocycles. The summed E-state index contributed by atoms with van der Waals surface area (Å²) < 4.78 is 9.87. The number of aliphatic hydroxyl groups is 4. The van der Waals surface area contributed by atoms with E-state index in [0.29, 0.717) is 0 Å². The van der Waals surface area contributed by atoms with Crippen LogP contribution in [0, 0.1) is 5.41 Å². The van der Waals surface area contributed by atoms with Crippen molar-refractivity contribution in [1.82, 2.24) is 0 Å². The molecule has 100 valence electrons. The van der Waals surface area contributed by atoms with Crippen molar-refractivity contribution in [3.63, 3.8) is 0 Å². The van der Waals surface area contributed by atoms with Crippen molar-refractivity contribution in [1.29, 1.82) is 5.41 Å². The number of rotatable bonds is 4. The summed E-state index contributed by atoms with van der Waals surface area (Å²) >= 11 is 1.06. The average molecular weight is 267 g/mol. The van der Waals surface area contributed by atoms with Crippen LogP contribution in [0.15, 0.2) is 0 Å². The van der Waals surface area contributed by atoms with Crippen LogP contribution < -0.4 is 0 Å². The van der Waals surface area contributed by atoms with Gasteiger partial charge in [0.2, 0.25) is 0 Å². The monoisotopic (exact) mass is 267 g/mol. The Bertz CT molecular complexity index is 264. The lowest BCUT2D eigenvalue weighted by Crippen LogP contribution is -2.57. The van der Waals surface area contributed by atoms with E-state index in [-0.39, 0.29) is 11.7 Å². The van der Waals surface area contributed by atoms with Gasteiger partial charge in [-0.15, -0.1) is 11.8 Å². The van der Waals surface area contributed by atoms with Crippen LogP contribution in [0.1, 0.15) is 0 Å². The lowest BCUT2D eigenvalue weighted by Gasteiger charge is -2.39. The third-order valence-corrected chi connectivity index (χ3v) is 3.62. The van der Waals surface area contributed by atoms with Crippen molar-refractivity contribution in [2.75, 3.05) is 19.5 Å². The molecule has 7 nitrogen and oxygen atoms in total. The first-order valence-electron chi connectivity index (χ1n) is 5.04. The quantitative estimate of drug-likeness (QED) is 0.299. The highest BCUT2D eigenvalue weighted by molar-refractivity contribution is 8.00. The smallest absolute Gasteiger partial charge is 0.190 e. The summed E-state index contributed by atoms with van der Waals surface area (Å²) in [5, 5.41) is 44.9. The van der Waals surface area contributed by atoms with E-state index < -0.39 is 36.5 Å². The van der Waals surface area contributed by atoms with E-state index in [1.54, 1.807) is 0 Å². The van der Waals surface area contributed by atoms with Gasteiger partial charge in [0.05, 0.1) is 19.5 Å². The third kappa shape index (κ3) is 3.54. The number of methoxy groups -OCH3 is 1. The molecule has 5 N–H and O–H groups in total. The number of nitrogens with one attached hydrogen (secondary N) is 1. The van der Waals surface area contributed by atoms with Crippen molar-refractivity contribution in [2.24, 2.45) is 0 Å². The second-order valence-electron chi connectivity index (χ2n) is 3.64. The maximum absolute atomic E-state index is 9.66. The van der Waals surface area contributed by atoms with E-state index in [1.165, 1.54) is 7.11 Å². The Morgan fingerprint density at radius 2 is 1.94 bits per heavy atom. The maximum Gasteiger partial charge on any atom is 0.190 e. The first kappa shape index (κ1) is 14.7. The van der Waals surface area contributed by atoms with Crippen molar-refractivity contribution >= 4 is 17.7 Å². The predicted molar refractivity (Wildman–Crippen MR) is 61.0 cm³/mol. The van der Waals surface area contributed by atoms with Crippen LogP contribution >= 0.6 is 11.8 Å². The number of ether oxygens (including phenoxy) is 2. The molecule has 1 heterocycles. The molecule has 1 aliphatic rings. The van der Waals surface area contributed by atoms with Crippen LogP contribution in [0.2, 0.25) is 0 Å². The van der Waals surface area contributed by atoms with Crippen LogP contribution in [0.25, 0.3) is 0 Å². The Labute approximate surface area is 103 Å². The fourth-order valence-electron chi connectivity index (χ4n) is 1.42. The Morgan fingerprint density at radius 1 is 1.29 bits per heavy atom. The van der Waals surface area contributed by atoms with Gasteiger partial charge in [-0.25, -0.2) is 0 Å². The van der Waals surface area contributed by atoms with Crippen LogP contribution in [0.5, 0.6) is 0 Å². The summed E-state index contributed by atoms with van der Waals surface area (Å²) in [6.07, 6.45) is -4.92. The molecule has 0 bridgehead atoms. The molecule has 1 rings (SSSR count). The lowest BCUT2D eigenvalue weighted by atomic mass is 10.0. The zero-order chi connectivity index (χ0) is 13.0. The zero-order valence-corrected chi connectivity index (χ0v) is 10.1. The van der Waals surface area contributed by atoms with Gasteiger partial charge in [0.1, 0.15) is 29.9 Å². The van der Waals surface area contributed by atoms with Gasteiger partial charge in [0.15, 0.2) is 5.90 Å². The largest absolute Gasteiger partial charge is 0.484 e. The minimum atomic E-state index is -1.38. The fraction of sp³-hybridized carbons (Fsp3) is 0.889. The second kappa shape index (κ2) is 6.53. The lowest BCUT2D eigenvalue weighted by molar-refractivity contribution is -0.205. The van der Waals surface area contributed by atoms with Crippen molar-refractivity contribution in [3.8, 4) is 0 Å². The van der Waals surface area contributed by atoms with Gasteiger partial charge in [0.25, 0.3) is 0 Å². The SMILES string of the molecule is COC(=N)CS[C@H]1O[C@H](CO)[C@@H](O)[C@H](O)[C@@H]1O. The average Bonchev–Trinajstić information content (AvgIpc) is 2.34. The van der Waals surface area contributed by atoms with E-state index in [4.69, 9.17) is 15.3 Å². The van der Waals surface area contributed by atoms with Gasteiger partial charge in [0, 0.05) is 0 Å². The number of hydrogen-bond donors (Lipinski definition) is 5. The molecule has 0 spiro atoms. The highest BCUT2D eigenvalue weighted by Gasteiger charge is 2.43. The molecule has 0 amide bonds. The maximum atomic E-state index is 9.66. The highest BCUT2D eigenvalue weighted by Crippen LogP contribution is 2.28. The molecule has 0 aliphatic carbocycles. The van der Waals surface area contributed by atoms with E-state index in [9.17, 15) is 15.3 Å². The standard InChI is InChI=1S/C9H17NO6S/c1-15-5(10)3-17-9-8(14)7(13)6(12)4(2-11)16-9/h4,6-14H,2-3H2,1H3/t4-,6-,7+,8+,9-/m1/s1.